The van der Waals surface area contributed by atoms with Crippen molar-refractivity contribution < 1.29 is 14.3 Å². The van der Waals surface area contributed by atoms with Gasteiger partial charge in [0.1, 0.15) is 5.82 Å². The molecule has 0 spiro atoms. The van der Waals surface area contributed by atoms with Gasteiger partial charge < -0.3 is 10.8 Å². The molecule has 6 nitrogen and oxygen atoms in total. The van der Waals surface area contributed by atoms with E-state index in [0.717, 1.165) is 6.07 Å². The minimum Gasteiger partial charge on any atom is -0.476 e. The summed E-state index contributed by atoms with van der Waals surface area (Å²) in [4.78, 5) is 10.6. The van der Waals surface area contributed by atoms with Gasteiger partial charge in [0.05, 0.1) is 5.69 Å². The number of hydrogen-bond donors (Lipinski definition) is 4. The number of halogens is 1. The number of nitrogens with zero attached hydrogens (tertiary/aromatic N) is 1. The summed E-state index contributed by atoms with van der Waals surface area (Å²) < 4.78 is 12.7. The summed E-state index contributed by atoms with van der Waals surface area (Å²) >= 11 is 0. The highest BCUT2D eigenvalue weighted by Gasteiger charge is 2.12. The minimum absolute atomic E-state index is 0.264. The van der Waals surface area contributed by atoms with Crippen LogP contribution in [-0.2, 0) is 4.79 Å². The second-order valence-electron chi connectivity index (χ2n) is 2.80. The number of carboxylic acids is 1. The van der Waals surface area contributed by atoms with E-state index in [1.54, 1.807) is 0 Å². The second kappa shape index (κ2) is 4.87. The van der Waals surface area contributed by atoms with Gasteiger partial charge >= 0.3 is 5.97 Å². The first-order valence-electron chi connectivity index (χ1n) is 4.17. The number of nitrogens with two attached hydrogens (primary N) is 1. The normalized spacial score (nSPS) is 10.9. The Balaban J connectivity index is 2.85. The highest BCUT2D eigenvalue weighted by atomic mass is 19.1. The Labute approximate surface area is 90.1 Å². The molecule has 0 aliphatic carbocycles. The number of benzene rings is 1. The smallest absolute Gasteiger partial charge is 0.360 e. The van der Waals surface area contributed by atoms with Crippen molar-refractivity contribution in [1.82, 2.24) is 0 Å². The number of carboxylic acid groups (broad SMARTS) is 1. The SMILES string of the molecule is N=C(N)C(=NNc1cccc(F)c1)C(=O)O. The van der Waals surface area contributed by atoms with Crippen molar-refractivity contribution in [2.75, 3.05) is 5.43 Å². The van der Waals surface area contributed by atoms with Crippen molar-refractivity contribution in [2.24, 2.45) is 10.8 Å². The summed E-state index contributed by atoms with van der Waals surface area (Å²) in [6.07, 6.45) is 0. The number of aliphatic carboxylic acids is 1. The van der Waals surface area contributed by atoms with E-state index in [4.69, 9.17) is 16.2 Å². The van der Waals surface area contributed by atoms with Crippen molar-refractivity contribution in [3.8, 4) is 0 Å². The van der Waals surface area contributed by atoms with Gasteiger partial charge in [-0.2, -0.15) is 5.10 Å². The van der Waals surface area contributed by atoms with E-state index in [9.17, 15) is 9.18 Å². The molecule has 0 aliphatic heterocycles. The first-order chi connectivity index (χ1) is 7.50. The summed E-state index contributed by atoms with van der Waals surface area (Å²) in [6, 6.07) is 5.29. The van der Waals surface area contributed by atoms with Gasteiger partial charge in [0.15, 0.2) is 5.84 Å². The number of rotatable bonds is 4. The van der Waals surface area contributed by atoms with Crippen LogP contribution in [-0.4, -0.2) is 22.6 Å². The van der Waals surface area contributed by atoms with Crippen molar-refractivity contribution in [3.63, 3.8) is 0 Å². The molecule has 1 aromatic rings. The van der Waals surface area contributed by atoms with Crippen LogP contribution in [0.3, 0.4) is 0 Å². The third-order valence-electron chi connectivity index (χ3n) is 1.58. The zero-order valence-electron chi connectivity index (χ0n) is 8.07. The quantitative estimate of drug-likeness (QED) is 0.341. The molecule has 0 bridgehead atoms. The van der Waals surface area contributed by atoms with E-state index in [0.29, 0.717) is 0 Å². The summed E-state index contributed by atoms with van der Waals surface area (Å²) in [5.41, 5.74) is 6.91. The lowest BCUT2D eigenvalue weighted by atomic mass is 10.3. The molecule has 0 fully saturated rings. The van der Waals surface area contributed by atoms with Crippen LogP contribution in [0.25, 0.3) is 0 Å². The number of anilines is 1. The predicted octanol–water partition coefficient (Wildman–Crippen LogP) is 0.614. The van der Waals surface area contributed by atoms with Crippen LogP contribution in [0.15, 0.2) is 29.4 Å². The fourth-order valence-corrected chi connectivity index (χ4v) is 0.902. The van der Waals surface area contributed by atoms with Crippen molar-refractivity contribution in [1.29, 1.82) is 5.41 Å². The second-order valence-corrected chi connectivity index (χ2v) is 2.80. The average Bonchev–Trinajstić information content (AvgIpc) is 2.16. The summed E-state index contributed by atoms with van der Waals surface area (Å²) in [5, 5.41) is 18.9. The van der Waals surface area contributed by atoms with Gasteiger partial charge in [0.25, 0.3) is 0 Å². The van der Waals surface area contributed by atoms with Gasteiger partial charge in [0.2, 0.25) is 5.71 Å². The number of hydrazone groups is 1. The molecule has 0 aromatic heterocycles. The number of carbonyl (C=O) groups is 1. The average molecular weight is 224 g/mol. The first-order valence-corrected chi connectivity index (χ1v) is 4.17. The van der Waals surface area contributed by atoms with E-state index in [1.165, 1.54) is 18.2 Å². The van der Waals surface area contributed by atoms with Crippen LogP contribution in [0.1, 0.15) is 0 Å². The summed E-state index contributed by atoms with van der Waals surface area (Å²) in [6.45, 7) is 0. The van der Waals surface area contributed by atoms with Crippen LogP contribution in [0.2, 0.25) is 0 Å². The third-order valence-corrected chi connectivity index (χ3v) is 1.58. The third kappa shape index (κ3) is 3.05. The topological polar surface area (TPSA) is 112 Å². The molecule has 16 heavy (non-hydrogen) atoms. The number of nitrogens with one attached hydrogen (secondary N) is 2. The summed E-state index contributed by atoms with van der Waals surface area (Å²) in [7, 11) is 0. The molecule has 0 unspecified atom stereocenters. The van der Waals surface area contributed by atoms with Gasteiger partial charge in [-0.25, -0.2) is 9.18 Å². The van der Waals surface area contributed by atoms with Crippen LogP contribution in [0.5, 0.6) is 0 Å². The fraction of sp³-hybridized carbons (Fsp3) is 0. The van der Waals surface area contributed by atoms with Crippen molar-refractivity contribution in [3.05, 3.63) is 30.1 Å². The Bertz CT molecular complexity index is 443. The zero-order chi connectivity index (χ0) is 12.1. The Morgan fingerprint density at radius 3 is 2.75 bits per heavy atom. The lowest BCUT2D eigenvalue weighted by molar-refractivity contribution is -0.129. The maximum atomic E-state index is 12.7. The Morgan fingerprint density at radius 1 is 1.56 bits per heavy atom. The van der Waals surface area contributed by atoms with E-state index in [1.807, 2.05) is 0 Å². The van der Waals surface area contributed by atoms with E-state index in [-0.39, 0.29) is 5.69 Å². The fourth-order valence-electron chi connectivity index (χ4n) is 0.902. The van der Waals surface area contributed by atoms with E-state index < -0.39 is 23.3 Å². The monoisotopic (exact) mass is 224 g/mol. The van der Waals surface area contributed by atoms with Gasteiger partial charge in [0, 0.05) is 0 Å². The molecule has 1 rings (SSSR count). The Morgan fingerprint density at radius 2 is 2.25 bits per heavy atom. The molecule has 0 heterocycles. The van der Waals surface area contributed by atoms with Gasteiger partial charge in [-0.15, -0.1) is 0 Å². The first kappa shape index (κ1) is 11.6. The summed E-state index contributed by atoms with van der Waals surface area (Å²) in [5.74, 6) is -2.60. The van der Waals surface area contributed by atoms with Crippen molar-refractivity contribution >= 4 is 23.2 Å². The molecular formula is C9H9FN4O2. The molecule has 0 saturated heterocycles. The minimum atomic E-state index is -1.43. The van der Waals surface area contributed by atoms with Crippen LogP contribution in [0, 0.1) is 11.2 Å². The molecule has 0 amide bonds. The zero-order valence-corrected chi connectivity index (χ0v) is 8.07. The molecule has 0 saturated carbocycles. The van der Waals surface area contributed by atoms with Crippen molar-refractivity contribution in [2.45, 2.75) is 0 Å². The molecular weight excluding hydrogens is 215 g/mol. The predicted molar refractivity (Wildman–Crippen MR) is 57.0 cm³/mol. The molecule has 0 aliphatic rings. The standard InChI is InChI=1S/C9H9FN4O2/c10-5-2-1-3-6(4-5)13-14-7(8(11)12)9(15)16/h1-4,13H,(H3,11,12)(H,15,16). The number of amidine groups is 1. The molecule has 0 atom stereocenters. The highest BCUT2D eigenvalue weighted by molar-refractivity contribution is 6.64. The molecule has 7 heteroatoms. The van der Waals surface area contributed by atoms with E-state index in [2.05, 4.69) is 10.5 Å². The lowest BCUT2D eigenvalue weighted by Crippen LogP contribution is -2.30. The van der Waals surface area contributed by atoms with Crippen LogP contribution in [0.4, 0.5) is 10.1 Å². The van der Waals surface area contributed by atoms with Crippen LogP contribution >= 0.6 is 0 Å². The molecule has 0 radical (unpaired) electrons. The molecule has 84 valence electrons. The Kier molecular flexibility index (Phi) is 3.54. The Hall–Kier alpha value is -2.44. The number of hydrogen-bond acceptors (Lipinski definition) is 4. The van der Waals surface area contributed by atoms with Crippen LogP contribution < -0.4 is 11.2 Å². The van der Waals surface area contributed by atoms with Gasteiger partial charge in [-0.05, 0) is 18.2 Å². The molecule has 5 N–H and O–H groups in total. The van der Waals surface area contributed by atoms with Gasteiger partial charge in [-0.3, -0.25) is 10.8 Å². The molecule has 1 aromatic carbocycles. The van der Waals surface area contributed by atoms with Gasteiger partial charge in [-0.1, -0.05) is 6.07 Å². The lowest BCUT2D eigenvalue weighted by Gasteiger charge is -2.02. The van der Waals surface area contributed by atoms with E-state index >= 15 is 0 Å². The highest BCUT2D eigenvalue weighted by Crippen LogP contribution is 2.08. The maximum Gasteiger partial charge on any atom is 0.360 e. The maximum absolute atomic E-state index is 12.7. The largest absolute Gasteiger partial charge is 0.476 e.